The zero-order valence-electron chi connectivity index (χ0n) is 37.8. The molecule has 11 atom stereocenters. The van der Waals surface area contributed by atoms with E-state index in [1.54, 1.807) is 45.0 Å². The molecule has 14 nitrogen and oxygen atoms in total. The van der Waals surface area contributed by atoms with Gasteiger partial charge in [-0.3, -0.25) is 9.59 Å². The van der Waals surface area contributed by atoms with Crippen LogP contribution in [0.2, 0.25) is 0 Å². The van der Waals surface area contributed by atoms with Gasteiger partial charge in [0.15, 0.2) is 12.1 Å². The van der Waals surface area contributed by atoms with E-state index < -0.39 is 66.6 Å². The third kappa shape index (κ3) is 12.3. The molecule has 2 unspecified atom stereocenters. The minimum Gasteiger partial charge on any atom is -0.462 e. The Hall–Kier alpha value is -2.56. The van der Waals surface area contributed by atoms with Crippen molar-refractivity contribution in [1.82, 2.24) is 24.8 Å². The van der Waals surface area contributed by atoms with Crippen molar-refractivity contribution < 1.29 is 44.2 Å². The Morgan fingerprint density at radius 3 is 2.25 bits per heavy atom. The lowest BCUT2D eigenvalue weighted by molar-refractivity contribution is -0.251. The van der Waals surface area contributed by atoms with E-state index in [2.05, 4.69) is 26.1 Å². The summed E-state index contributed by atoms with van der Waals surface area (Å²) in [6.45, 7) is 11.9. The molecule has 4 fully saturated rings. The lowest BCUT2D eigenvalue weighted by Crippen LogP contribution is -2.55. The third-order valence-electron chi connectivity index (χ3n) is 14.2. The second-order valence-corrected chi connectivity index (χ2v) is 19.2. The Bertz CT molecular complexity index is 1550. The van der Waals surface area contributed by atoms with E-state index >= 15 is 0 Å². The molecule has 4 N–H and O–H groups in total. The number of carbonyl (C=O) groups is 2. The number of hydrogen-bond acceptors (Lipinski definition) is 13. The van der Waals surface area contributed by atoms with Crippen LogP contribution in [0.4, 0.5) is 0 Å². The first-order chi connectivity index (χ1) is 28.5. The lowest BCUT2D eigenvalue weighted by atomic mass is 9.54. The molecule has 340 valence electrons. The van der Waals surface area contributed by atoms with Crippen molar-refractivity contribution >= 4 is 11.8 Å². The van der Waals surface area contributed by atoms with Gasteiger partial charge in [-0.2, -0.15) is 0 Å². The minimum absolute atomic E-state index is 0.0799. The van der Waals surface area contributed by atoms with Crippen LogP contribution in [-0.4, -0.2) is 141 Å². The summed E-state index contributed by atoms with van der Waals surface area (Å²) in [5.41, 5.74) is 1.66. The Balaban J connectivity index is 1.43. The number of aromatic nitrogens is 3. The number of likely N-dealkylation sites (N-methyl/N-ethyl adjacent to an activating group) is 1. The summed E-state index contributed by atoms with van der Waals surface area (Å²) in [5, 5.41) is 53.8. The van der Waals surface area contributed by atoms with Crippen LogP contribution in [0.15, 0.2) is 30.0 Å². The molecule has 0 amide bonds. The molecule has 1 aliphatic heterocycles. The zero-order chi connectivity index (χ0) is 43.8. The number of aliphatic hydroxyl groups is 4. The molecule has 0 aromatic carbocycles. The summed E-state index contributed by atoms with van der Waals surface area (Å²) in [5.74, 6) is 0.473. The van der Waals surface area contributed by atoms with Crippen LogP contribution in [-0.2, 0) is 30.3 Å². The van der Waals surface area contributed by atoms with Gasteiger partial charge in [-0.1, -0.05) is 43.7 Å². The fourth-order valence-corrected chi connectivity index (χ4v) is 11.3. The maximum Gasteiger partial charge on any atom is 0.308 e. The standard InChI is InChI=1S/C46H77N5O9/c1-10-40-36(26-52)16-27(3)12-13-38(54)28(4)17-33(14-15-50(9)24-37-25-51(48-47-37)43-34-19-31-18-32(21-34)22-35(43)20-31)45(29(5)39(55)23-41(56)59-40)60-46(58-11-2)44(57)42(30(6)53)49(7)8/h12-13,16,25,28-36,39-40,42-46,52-53,55,57H,10-11,14-15,17-24,26H2,1-9H3/b13-12+,27-16+/t28-,29+,30-,31?,32?,33+,34?,35?,36-,39-,40-,42?,43?,44?,45-,46+/m1/s1. The van der Waals surface area contributed by atoms with Gasteiger partial charge in [-0.25, -0.2) is 4.68 Å². The van der Waals surface area contributed by atoms with Gasteiger partial charge in [0.2, 0.25) is 0 Å². The summed E-state index contributed by atoms with van der Waals surface area (Å²) < 4.78 is 20.9. The maximum absolute atomic E-state index is 13.8. The summed E-state index contributed by atoms with van der Waals surface area (Å²) in [6, 6.07) is -0.316. The Kier molecular flexibility index (Phi) is 17.9. The number of allylic oxidation sites excluding steroid dienone is 3. The van der Waals surface area contributed by atoms with E-state index in [1.807, 2.05) is 40.8 Å². The summed E-state index contributed by atoms with van der Waals surface area (Å²) in [7, 11) is 5.56. The molecule has 5 aliphatic rings. The van der Waals surface area contributed by atoms with Gasteiger partial charge in [0.1, 0.15) is 12.2 Å². The van der Waals surface area contributed by atoms with Crippen molar-refractivity contribution in [2.45, 2.75) is 155 Å². The molecule has 4 bridgehead atoms. The highest BCUT2D eigenvalue weighted by atomic mass is 16.7. The van der Waals surface area contributed by atoms with E-state index in [4.69, 9.17) is 14.2 Å². The Morgan fingerprint density at radius 1 is 1.00 bits per heavy atom. The minimum atomic E-state index is -1.28. The van der Waals surface area contributed by atoms with Crippen molar-refractivity contribution in [3.8, 4) is 0 Å². The molecule has 2 heterocycles. The van der Waals surface area contributed by atoms with Crippen LogP contribution in [0, 0.1) is 47.3 Å². The van der Waals surface area contributed by atoms with Gasteiger partial charge in [0.05, 0.1) is 55.3 Å². The molecule has 14 heteroatoms. The average Bonchev–Trinajstić information content (AvgIpc) is 3.64. The number of ether oxygens (including phenoxy) is 3. The number of rotatable bonds is 16. The smallest absolute Gasteiger partial charge is 0.308 e. The molecule has 4 saturated carbocycles. The van der Waals surface area contributed by atoms with Crippen molar-refractivity contribution in [1.29, 1.82) is 0 Å². The lowest BCUT2D eigenvalue weighted by Gasteiger charge is -2.54. The number of esters is 1. The van der Waals surface area contributed by atoms with Crippen molar-refractivity contribution in [3.05, 3.63) is 35.7 Å². The van der Waals surface area contributed by atoms with Crippen molar-refractivity contribution in [3.63, 3.8) is 0 Å². The fraction of sp³-hybridized carbons (Fsp3) is 0.826. The SMILES string of the molecule is CCO[C@@H](O[C@H]1[C@@H](CCN(C)Cc2cn(C3C4CC5CC(C4)CC3C5)nn2)C[C@@H](C)C(=O)/C=C/C(C)=C/[C@H](CO)[C@@H](CC)OC(=O)C[C@@H](O)[C@@H]1C)C(O)C([C@@H](C)O)N(C)C. The Morgan fingerprint density at radius 2 is 1.67 bits per heavy atom. The van der Waals surface area contributed by atoms with Gasteiger partial charge in [-0.15, -0.1) is 5.10 Å². The second kappa shape index (κ2) is 22.2. The predicted octanol–water partition coefficient (Wildman–Crippen LogP) is 4.56. The summed E-state index contributed by atoms with van der Waals surface area (Å²) in [6.07, 6.45) is 8.83. The van der Waals surface area contributed by atoms with Crippen LogP contribution in [0.3, 0.4) is 0 Å². The zero-order valence-corrected chi connectivity index (χ0v) is 37.8. The fourth-order valence-electron chi connectivity index (χ4n) is 11.3. The summed E-state index contributed by atoms with van der Waals surface area (Å²) >= 11 is 0. The largest absolute Gasteiger partial charge is 0.462 e. The number of carbonyl (C=O) groups excluding carboxylic acids is 2. The van der Waals surface area contributed by atoms with Crippen LogP contribution in [0.1, 0.15) is 111 Å². The monoisotopic (exact) mass is 844 g/mol. The molecule has 1 aromatic rings. The average molecular weight is 844 g/mol. The third-order valence-corrected chi connectivity index (χ3v) is 14.2. The van der Waals surface area contributed by atoms with Crippen LogP contribution in [0.25, 0.3) is 0 Å². The molecule has 6 rings (SSSR count). The van der Waals surface area contributed by atoms with Gasteiger partial charge in [0, 0.05) is 30.9 Å². The molecular formula is C46H77N5O9. The number of cyclic esters (lactones) is 1. The highest BCUT2D eigenvalue weighted by molar-refractivity contribution is 5.91. The number of hydrogen-bond donors (Lipinski definition) is 4. The molecule has 4 aliphatic carbocycles. The van der Waals surface area contributed by atoms with Crippen molar-refractivity contribution in [2.75, 3.05) is 40.9 Å². The highest BCUT2D eigenvalue weighted by Crippen LogP contribution is 2.58. The van der Waals surface area contributed by atoms with E-state index in [9.17, 15) is 30.0 Å². The number of ketones is 1. The van der Waals surface area contributed by atoms with E-state index in [0.717, 1.165) is 23.1 Å². The highest BCUT2D eigenvalue weighted by Gasteiger charge is 2.49. The molecule has 0 spiro atoms. The predicted molar refractivity (Wildman–Crippen MR) is 228 cm³/mol. The number of aliphatic hydroxyl groups excluding tert-OH is 4. The molecule has 0 saturated heterocycles. The molecule has 1 aromatic heterocycles. The van der Waals surface area contributed by atoms with E-state index in [0.29, 0.717) is 50.2 Å². The van der Waals surface area contributed by atoms with E-state index in [1.165, 1.54) is 32.1 Å². The first-order valence-electron chi connectivity index (χ1n) is 22.8. The topological polar surface area (TPSA) is 180 Å². The first-order valence-corrected chi connectivity index (χ1v) is 22.8. The Labute approximate surface area is 358 Å². The maximum atomic E-state index is 13.8. The number of nitrogens with zero attached hydrogens (tertiary/aromatic N) is 5. The van der Waals surface area contributed by atoms with E-state index in [-0.39, 0.29) is 31.3 Å². The molecule has 0 radical (unpaired) electrons. The van der Waals surface area contributed by atoms with Gasteiger partial charge in [0.25, 0.3) is 0 Å². The second-order valence-electron chi connectivity index (χ2n) is 19.2. The van der Waals surface area contributed by atoms with Gasteiger partial charge < -0.3 is 44.4 Å². The van der Waals surface area contributed by atoms with Gasteiger partial charge >= 0.3 is 5.97 Å². The normalized spacial score (nSPS) is 36.5. The van der Waals surface area contributed by atoms with Crippen molar-refractivity contribution in [2.24, 2.45) is 47.3 Å². The quantitative estimate of drug-likeness (QED) is 0.135. The molecular weight excluding hydrogens is 767 g/mol. The first kappa shape index (κ1) is 48.5. The van der Waals surface area contributed by atoms with Crippen LogP contribution < -0.4 is 0 Å². The van der Waals surface area contributed by atoms with Gasteiger partial charge in [-0.05, 0) is 135 Å². The molecule has 60 heavy (non-hydrogen) atoms. The van der Waals surface area contributed by atoms with Crippen LogP contribution in [0.5, 0.6) is 0 Å². The summed E-state index contributed by atoms with van der Waals surface area (Å²) in [4.78, 5) is 31.2. The van der Waals surface area contributed by atoms with Crippen LogP contribution >= 0.6 is 0 Å².